The number of anilines is 2. The van der Waals surface area contributed by atoms with Crippen molar-refractivity contribution < 1.29 is 32.6 Å². The number of ether oxygens (including phenoxy) is 3. The molecule has 2 aliphatic heterocycles. The summed E-state index contributed by atoms with van der Waals surface area (Å²) in [6, 6.07) is 6.43. The quantitative estimate of drug-likeness (QED) is 0.205. The average Bonchev–Trinajstić information content (AvgIpc) is 3.68. The molecule has 2 amide bonds. The van der Waals surface area contributed by atoms with E-state index in [0.717, 1.165) is 30.7 Å². The number of nitriles is 1. The van der Waals surface area contributed by atoms with E-state index >= 15 is 8.78 Å². The number of hydrogen-bond acceptors (Lipinski definition) is 11. The highest BCUT2D eigenvalue weighted by molar-refractivity contribution is 7.22. The molecule has 0 unspecified atom stereocenters. The van der Waals surface area contributed by atoms with Crippen molar-refractivity contribution >= 4 is 67.1 Å². The second kappa shape index (κ2) is 14.7. The largest absolute Gasteiger partial charge is 0.475 e. The van der Waals surface area contributed by atoms with Gasteiger partial charge in [-0.25, -0.2) is 28.3 Å². The highest BCUT2D eigenvalue weighted by Crippen LogP contribution is 2.45. The molecule has 1 atom stereocenters. The van der Waals surface area contributed by atoms with Crippen LogP contribution in [0.2, 0.25) is 5.02 Å². The fourth-order valence-electron chi connectivity index (χ4n) is 6.50. The number of thiazole rings is 1. The molecule has 53 heavy (non-hydrogen) atoms. The molecule has 6 rings (SSSR count). The Bertz CT molecular complexity index is 2120. The average molecular weight is 770 g/mol. The van der Waals surface area contributed by atoms with E-state index in [1.165, 1.54) is 18.2 Å². The van der Waals surface area contributed by atoms with E-state index in [4.69, 9.17) is 25.8 Å². The molecule has 12 nitrogen and oxygen atoms in total. The number of likely N-dealkylation sites (N-methyl/N-ethyl adjacent to an activating group) is 1. The molecule has 0 aliphatic carbocycles. The number of fused-ring (bicyclic) bond motifs is 2. The predicted molar refractivity (Wildman–Crippen MR) is 201 cm³/mol. The lowest BCUT2D eigenvalue weighted by Crippen LogP contribution is -2.50. The minimum atomic E-state index is -0.823. The predicted octanol–water partition coefficient (Wildman–Crippen LogP) is 8.19. The van der Waals surface area contributed by atoms with E-state index in [1.54, 1.807) is 46.4 Å². The monoisotopic (exact) mass is 769 g/mol. The number of nitrogens with zero attached hydrogens (tertiary/aromatic N) is 6. The first-order chi connectivity index (χ1) is 24.9. The van der Waals surface area contributed by atoms with Gasteiger partial charge in [-0.2, -0.15) is 5.26 Å². The molecule has 0 saturated carbocycles. The van der Waals surface area contributed by atoms with Crippen LogP contribution in [0.25, 0.3) is 32.2 Å². The number of halogens is 3. The summed E-state index contributed by atoms with van der Waals surface area (Å²) in [6.45, 7) is 12.9. The molecule has 0 radical (unpaired) electrons. The Labute approximate surface area is 315 Å². The first-order valence-electron chi connectivity index (χ1n) is 17.3. The molecule has 1 N–H and O–H groups in total. The van der Waals surface area contributed by atoms with Gasteiger partial charge in [-0.3, -0.25) is 5.32 Å². The number of likely N-dealkylation sites (tertiary alicyclic amines) is 1. The third kappa shape index (κ3) is 8.19. The number of carbonyl (C=O) groups is 2. The molecule has 16 heteroatoms. The molecule has 0 spiro atoms. The molecular formula is C37H42ClF2N7O5S. The maximum atomic E-state index is 17.1. The van der Waals surface area contributed by atoms with E-state index in [-0.39, 0.29) is 79.6 Å². The smallest absolute Gasteiger partial charge is 0.413 e. The van der Waals surface area contributed by atoms with Gasteiger partial charge in [0.25, 0.3) is 0 Å². The zero-order valence-electron chi connectivity index (χ0n) is 30.7. The van der Waals surface area contributed by atoms with Crippen LogP contribution in [0, 0.1) is 23.0 Å². The minimum Gasteiger partial charge on any atom is -0.475 e. The molecule has 2 aliphatic rings. The van der Waals surface area contributed by atoms with E-state index in [9.17, 15) is 14.9 Å². The number of aromatic nitrogens is 2. The van der Waals surface area contributed by atoms with Crippen LogP contribution in [0.15, 0.2) is 18.2 Å². The number of rotatable bonds is 6. The van der Waals surface area contributed by atoms with Crippen LogP contribution in [-0.2, 0) is 9.47 Å². The SMILES string of the molecule is CN1CCC[C@H]1COc1nc2c(F)c(-c3ccc(F)c4sc(NC(=O)OC(C)(C)C)nc34)c(Cl)cc2c(N2CCN(C(=O)OC(C)(C)C)CC2)c1C#N. The summed E-state index contributed by atoms with van der Waals surface area (Å²) >= 11 is 7.77. The molecule has 2 fully saturated rings. The van der Waals surface area contributed by atoms with Crippen LogP contribution >= 0.6 is 22.9 Å². The second-order valence-electron chi connectivity index (χ2n) is 15.2. The van der Waals surface area contributed by atoms with Gasteiger partial charge < -0.3 is 28.9 Å². The standard InChI is InChI=1S/C37H42ClF2N7O5S/c1-36(2,3)51-34(48)44-33-43-29-21(10-11-25(39)31(29)53-33)26-24(38)17-22-28(27(26)40)42-32(50-19-20-9-8-12-45(20)7)23(18-41)30(22)46-13-15-47(16-14-46)35(49)52-37(4,5)6/h10-11,17,20H,8-9,12-16,19H2,1-7H3,(H,43,44,48)/t20-/m0/s1. The van der Waals surface area contributed by atoms with Gasteiger partial charge in [-0.05, 0) is 86.2 Å². The lowest BCUT2D eigenvalue weighted by Gasteiger charge is -2.37. The summed E-state index contributed by atoms with van der Waals surface area (Å²) in [5.74, 6) is -1.47. The summed E-state index contributed by atoms with van der Waals surface area (Å²) < 4.78 is 49.5. The second-order valence-corrected chi connectivity index (χ2v) is 16.6. The number of amides is 2. The Morgan fingerprint density at radius 3 is 2.36 bits per heavy atom. The van der Waals surface area contributed by atoms with Gasteiger partial charge in [0.15, 0.2) is 10.9 Å². The van der Waals surface area contributed by atoms with E-state index in [0.29, 0.717) is 18.8 Å². The van der Waals surface area contributed by atoms with Gasteiger partial charge in [0.2, 0.25) is 5.88 Å². The Kier molecular flexibility index (Phi) is 10.6. The van der Waals surface area contributed by atoms with Gasteiger partial charge in [0.1, 0.15) is 40.8 Å². The number of piperazine rings is 1. The van der Waals surface area contributed by atoms with E-state index < -0.39 is 35.0 Å². The zero-order chi connectivity index (χ0) is 38.4. The van der Waals surface area contributed by atoms with Crippen LogP contribution < -0.4 is 15.0 Å². The fraction of sp³-hybridized carbons (Fsp3) is 0.486. The van der Waals surface area contributed by atoms with Crippen molar-refractivity contribution in [3.8, 4) is 23.1 Å². The van der Waals surface area contributed by atoms with Crippen LogP contribution in [0.5, 0.6) is 5.88 Å². The normalized spacial score (nSPS) is 17.0. The molecular weight excluding hydrogens is 728 g/mol. The molecule has 2 aromatic heterocycles. The van der Waals surface area contributed by atoms with Gasteiger partial charge in [0, 0.05) is 48.7 Å². The lowest BCUT2D eigenvalue weighted by atomic mass is 9.99. The summed E-state index contributed by atoms with van der Waals surface area (Å²) in [4.78, 5) is 40.0. The molecule has 4 heterocycles. The number of pyridine rings is 1. The first kappa shape index (κ1) is 38.2. The maximum absolute atomic E-state index is 17.1. The summed E-state index contributed by atoms with van der Waals surface area (Å²) in [5.41, 5.74) is -0.890. The molecule has 2 aromatic carbocycles. The maximum Gasteiger partial charge on any atom is 0.413 e. The van der Waals surface area contributed by atoms with Crippen molar-refractivity contribution in [2.24, 2.45) is 0 Å². The van der Waals surface area contributed by atoms with Crippen LogP contribution in [0.4, 0.5) is 29.2 Å². The highest BCUT2D eigenvalue weighted by Gasteiger charge is 2.32. The topological polar surface area (TPSA) is 133 Å². The fourth-order valence-corrected chi connectivity index (χ4v) is 7.67. The first-order valence-corrected chi connectivity index (χ1v) is 18.5. The van der Waals surface area contributed by atoms with Crippen LogP contribution in [-0.4, -0.2) is 95.6 Å². The lowest BCUT2D eigenvalue weighted by molar-refractivity contribution is 0.0240. The number of benzene rings is 2. The van der Waals surface area contributed by atoms with Crippen molar-refractivity contribution in [3.63, 3.8) is 0 Å². The van der Waals surface area contributed by atoms with Crippen molar-refractivity contribution in [3.05, 3.63) is 40.4 Å². The van der Waals surface area contributed by atoms with Crippen LogP contribution in [0.3, 0.4) is 0 Å². The number of carbonyl (C=O) groups excluding carboxylic acids is 2. The summed E-state index contributed by atoms with van der Waals surface area (Å²) in [7, 11) is 2.00. The number of nitrogens with one attached hydrogen (secondary N) is 1. The minimum absolute atomic E-state index is 0.0289. The van der Waals surface area contributed by atoms with Gasteiger partial charge >= 0.3 is 12.2 Å². The molecule has 2 saturated heterocycles. The van der Waals surface area contributed by atoms with E-state index in [1.807, 2.05) is 11.9 Å². The van der Waals surface area contributed by atoms with Crippen molar-refractivity contribution in [1.82, 2.24) is 19.8 Å². The summed E-state index contributed by atoms with van der Waals surface area (Å²) in [6.07, 6.45) is 0.681. The number of hydrogen-bond donors (Lipinski definition) is 1. The molecule has 4 aromatic rings. The van der Waals surface area contributed by atoms with Crippen LogP contribution in [0.1, 0.15) is 59.9 Å². The Hall–Kier alpha value is -4.52. The Morgan fingerprint density at radius 1 is 1.04 bits per heavy atom. The highest BCUT2D eigenvalue weighted by atomic mass is 35.5. The van der Waals surface area contributed by atoms with Gasteiger partial charge in [-0.1, -0.05) is 22.9 Å². The third-order valence-electron chi connectivity index (χ3n) is 8.93. The third-order valence-corrected chi connectivity index (χ3v) is 10.2. The Morgan fingerprint density at radius 2 is 1.74 bits per heavy atom. The zero-order valence-corrected chi connectivity index (χ0v) is 32.3. The molecule has 282 valence electrons. The van der Waals surface area contributed by atoms with Gasteiger partial charge in [-0.15, -0.1) is 0 Å². The van der Waals surface area contributed by atoms with E-state index in [2.05, 4.69) is 26.3 Å². The van der Waals surface area contributed by atoms with Crippen molar-refractivity contribution in [2.45, 2.75) is 71.6 Å². The van der Waals surface area contributed by atoms with Crippen molar-refractivity contribution in [2.75, 3.05) is 56.6 Å². The molecule has 0 bridgehead atoms. The summed E-state index contributed by atoms with van der Waals surface area (Å²) in [5, 5.41) is 13.4. The van der Waals surface area contributed by atoms with Crippen molar-refractivity contribution in [1.29, 1.82) is 5.26 Å². The Balaban J connectivity index is 1.45. The van der Waals surface area contributed by atoms with Gasteiger partial charge in [0.05, 0.1) is 20.9 Å².